The topological polar surface area (TPSA) is 168 Å². The van der Waals surface area contributed by atoms with Crippen LogP contribution >= 0.6 is 15.9 Å². The van der Waals surface area contributed by atoms with E-state index in [-0.39, 0.29) is 36.3 Å². The van der Waals surface area contributed by atoms with Crippen molar-refractivity contribution in [1.82, 2.24) is 21.4 Å². The van der Waals surface area contributed by atoms with E-state index in [9.17, 15) is 19.7 Å². The molecule has 240 valence electrons. The molecule has 1 aromatic rings. The lowest BCUT2D eigenvalue weighted by Crippen LogP contribution is -2.65. The van der Waals surface area contributed by atoms with Gasteiger partial charge >= 0.3 is 7.12 Å². The van der Waals surface area contributed by atoms with Crippen LogP contribution in [0.15, 0.2) is 34.8 Å². The summed E-state index contributed by atoms with van der Waals surface area (Å²) in [5, 5.41) is 25.9. The average Bonchev–Trinajstić information content (AvgIpc) is 3.30. The summed E-state index contributed by atoms with van der Waals surface area (Å²) in [6, 6.07) is 6.57. The SMILES string of the molecule is CC(C)C[C@H](NC(=O)[C@H](CCCNC(=N)N[N+](=O)[O-])NC(=O)C=Cc1ccccc1Br)B1O[C@@H]2C[C@@H]3C[C@@H](C3(C)C)[C@]2(C)O1. The van der Waals surface area contributed by atoms with Crippen LogP contribution in [0.2, 0.25) is 0 Å². The molecular weight excluding hydrogens is 631 g/mol. The summed E-state index contributed by atoms with van der Waals surface area (Å²) in [6.45, 7) is 11.1. The molecule has 4 aliphatic rings. The number of nitrogens with zero attached hydrogens (tertiary/aromatic N) is 1. The van der Waals surface area contributed by atoms with E-state index in [1.807, 2.05) is 24.3 Å². The van der Waals surface area contributed by atoms with Gasteiger partial charge in [0.05, 0.1) is 17.6 Å². The van der Waals surface area contributed by atoms with Crippen LogP contribution in [-0.4, -0.2) is 60.2 Å². The molecule has 2 bridgehead atoms. The van der Waals surface area contributed by atoms with Crippen LogP contribution in [0.25, 0.3) is 6.08 Å². The molecule has 3 saturated carbocycles. The van der Waals surface area contributed by atoms with Crippen LogP contribution < -0.4 is 21.4 Å². The summed E-state index contributed by atoms with van der Waals surface area (Å²) in [6.07, 6.45) is 6.31. The van der Waals surface area contributed by atoms with Crippen LogP contribution in [0.4, 0.5) is 0 Å². The van der Waals surface area contributed by atoms with Crippen LogP contribution in [-0.2, 0) is 18.9 Å². The van der Waals surface area contributed by atoms with Gasteiger partial charge in [-0.2, -0.15) is 0 Å². The highest BCUT2D eigenvalue weighted by molar-refractivity contribution is 9.10. The fraction of sp³-hybridized carbons (Fsp3) is 0.633. The van der Waals surface area contributed by atoms with Crippen molar-refractivity contribution in [1.29, 1.82) is 5.41 Å². The second-order valence-corrected chi connectivity index (χ2v) is 14.2. The summed E-state index contributed by atoms with van der Waals surface area (Å²) < 4.78 is 14.0. The zero-order valence-electron chi connectivity index (χ0n) is 26.0. The first kappa shape index (κ1) is 33.9. The Kier molecular flexibility index (Phi) is 10.8. The fourth-order valence-electron chi connectivity index (χ4n) is 7.02. The zero-order valence-corrected chi connectivity index (χ0v) is 27.6. The normalized spacial score (nSPS) is 26.3. The number of nitro groups is 1. The monoisotopic (exact) mass is 674 g/mol. The molecule has 2 amide bonds. The molecule has 1 aliphatic heterocycles. The lowest BCUT2D eigenvalue weighted by Gasteiger charge is -2.64. The van der Waals surface area contributed by atoms with Gasteiger partial charge in [0.15, 0.2) is 5.03 Å². The number of rotatable bonds is 13. The minimum absolute atomic E-state index is 0.0250. The van der Waals surface area contributed by atoms with Gasteiger partial charge in [-0.1, -0.05) is 67.2 Å². The number of amides is 2. The number of carbonyl (C=O) groups is 2. The van der Waals surface area contributed by atoms with Crippen molar-refractivity contribution >= 4 is 46.9 Å². The van der Waals surface area contributed by atoms with Crippen molar-refractivity contribution in [2.75, 3.05) is 6.54 Å². The maximum absolute atomic E-state index is 13.8. The molecule has 4 fully saturated rings. The minimum atomic E-state index is -0.897. The average molecular weight is 675 g/mol. The molecule has 0 radical (unpaired) electrons. The molecule has 1 saturated heterocycles. The molecular formula is C30H44BBrN6O6. The fourth-order valence-corrected chi connectivity index (χ4v) is 7.43. The number of benzene rings is 1. The van der Waals surface area contributed by atoms with E-state index in [0.29, 0.717) is 24.7 Å². The van der Waals surface area contributed by atoms with Gasteiger partial charge in [0.1, 0.15) is 6.04 Å². The van der Waals surface area contributed by atoms with Crippen molar-refractivity contribution in [2.24, 2.45) is 23.2 Å². The van der Waals surface area contributed by atoms with Crippen molar-refractivity contribution in [3.63, 3.8) is 0 Å². The predicted octanol–water partition coefficient (Wildman–Crippen LogP) is 3.83. The highest BCUT2D eigenvalue weighted by Crippen LogP contribution is 2.65. The first-order valence-corrected chi connectivity index (χ1v) is 16.1. The van der Waals surface area contributed by atoms with Crippen molar-refractivity contribution < 1.29 is 23.9 Å². The van der Waals surface area contributed by atoms with Gasteiger partial charge in [-0.3, -0.25) is 15.0 Å². The summed E-state index contributed by atoms with van der Waals surface area (Å²) in [7, 11) is -0.603. The van der Waals surface area contributed by atoms with Crippen molar-refractivity contribution in [2.45, 2.75) is 90.4 Å². The quantitative estimate of drug-likeness (QED) is 0.0400. The number of hydrogen-bond acceptors (Lipinski definition) is 7. The van der Waals surface area contributed by atoms with Gasteiger partial charge < -0.3 is 25.3 Å². The molecule has 5 N–H and O–H groups in total. The Hall–Kier alpha value is -2.97. The molecule has 5 rings (SSSR count). The molecule has 1 aromatic carbocycles. The van der Waals surface area contributed by atoms with Crippen molar-refractivity contribution in [3.05, 3.63) is 50.5 Å². The Morgan fingerprint density at radius 1 is 1.23 bits per heavy atom. The Labute approximate surface area is 267 Å². The Morgan fingerprint density at radius 3 is 2.61 bits per heavy atom. The molecule has 0 unspecified atom stereocenters. The van der Waals surface area contributed by atoms with E-state index in [1.54, 1.807) is 11.5 Å². The van der Waals surface area contributed by atoms with Crippen molar-refractivity contribution in [3.8, 4) is 0 Å². The van der Waals surface area contributed by atoms with Gasteiger partial charge in [0, 0.05) is 17.1 Å². The van der Waals surface area contributed by atoms with E-state index in [1.165, 1.54) is 6.08 Å². The molecule has 12 nitrogen and oxygen atoms in total. The number of hydrazine groups is 1. The largest absolute Gasteiger partial charge is 0.481 e. The smallest absolute Gasteiger partial charge is 0.404 e. The lowest BCUT2D eigenvalue weighted by atomic mass is 9.43. The van der Waals surface area contributed by atoms with Crippen LogP contribution in [0.3, 0.4) is 0 Å². The molecule has 6 atom stereocenters. The van der Waals surface area contributed by atoms with E-state index in [0.717, 1.165) is 22.9 Å². The zero-order chi connectivity index (χ0) is 32.2. The van der Waals surface area contributed by atoms with Gasteiger partial charge in [0.2, 0.25) is 11.8 Å². The highest BCUT2D eigenvalue weighted by atomic mass is 79.9. The van der Waals surface area contributed by atoms with E-state index >= 15 is 0 Å². The molecule has 1 heterocycles. The minimum Gasteiger partial charge on any atom is -0.404 e. The third-order valence-electron chi connectivity index (χ3n) is 9.48. The molecule has 0 aromatic heterocycles. The molecule has 3 aliphatic carbocycles. The second kappa shape index (κ2) is 14.0. The van der Waals surface area contributed by atoms with Gasteiger partial charge in [-0.05, 0) is 79.9 Å². The Bertz CT molecular complexity index is 1280. The first-order valence-electron chi connectivity index (χ1n) is 15.3. The Morgan fingerprint density at radius 2 is 1.95 bits per heavy atom. The molecule has 0 spiro atoms. The summed E-state index contributed by atoms with van der Waals surface area (Å²) >= 11 is 3.46. The standard InChI is InChI=1S/C30H44BBrN6O6/c1-18(2)15-25(31-43-24-17-20-16-23(29(20,3)4)30(24,5)44-31)36-27(40)22(11-8-14-34-28(33)37-38(41)42)35-26(39)13-12-19-9-6-7-10-21(19)32/h6-7,9-10,12-13,18,20,22-25H,8,11,14-17H2,1-5H3,(H,35,39)(H,36,40)(H3,33,34,37)/t20-,22-,23-,24+,25-,30-/m0/s1. The summed E-state index contributed by atoms with van der Waals surface area (Å²) in [4.78, 5) is 37.3. The first-order chi connectivity index (χ1) is 20.7. The van der Waals surface area contributed by atoms with Crippen LogP contribution in [0.5, 0.6) is 0 Å². The van der Waals surface area contributed by atoms with Crippen LogP contribution in [0.1, 0.15) is 72.3 Å². The maximum Gasteiger partial charge on any atom is 0.481 e. The van der Waals surface area contributed by atoms with Crippen LogP contribution in [0, 0.1) is 38.7 Å². The van der Waals surface area contributed by atoms with E-state index in [4.69, 9.17) is 14.7 Å². The van der Waals surface area contributed by atoms with Gasteiger partial charge in [-0.25, -0.2) is 10.1 Å². The number of halogens is 1. The third-order valence-corrected chi connectivity index (χ3v) is 10.2. The number of nitrogens with one attached hydrogen (secondary N) is 5. The summed E-state index contributed by atoms with van der Waals surface area (Å²) in [5.41, 5.74) is 2.33. The Balaban J connectivity index is 1.44. The second-order valence-electron chi connectivity index (χ2n) is 13.3. The van der Waals surface area contributed by atoms with Gasteiger partial charge in [-0.15, -0.1) is 0 Å². The summed E-state index contributed by atoms with van der Waals surface area (Å²) in [5.74, 6) is -0.447. The molecule has 14 heteroatoms. The third kappa shape index (κ3) is 7.81. The predicted molar refractivity (Wildman–Crippen MR) is 172 cm³/mol. The molecule has 44 heavy (non-hydrogen) atoms. The number of carbonyl (C=O) groups excluding carboxylic acids is 2. The number of guanidine groups is 1. The maximum atomic E-state index is 13.8. The van der Waals surface area contributed by atoms with E-state index in [2.05, 4.69) is 66.5 Å². The number of hydrogen-bond donors (Lipinski definition) is 5. The van der Waals surface area contributed by atoms with Gasteiger partial charge in [0.25, 0.3) is 5.96 Å². The highest BCUT2D eigenvalue weighted by Gasteiger charge is 2.68. The van der Waals surface area contributed by atoms with E-state index < -0.39 is 41.6 Å². The lowest BCUT2D eigenvalue weighted by molar-refractivity contribution is -0.525.